The van der Waals surface area contributed by atoms with Crippen molar-refractivity contribution in [3.8, 4) is 0 Å². The van der Waals surface area contributed by atoms with Crippen molar-refractivity contribution in [2.45, 2.75) is 25.1 Å². The number of likely N-dealkylation sites (N-methyl/N-ethyl adjacent to an activating group) is 1. The van der Waals surface area contributed by atoms with Gasteiger partial charge in [0.2, 0.25) is 5.95 Å². The number of anilines is 2. The molecule has 27 heavy (non-hydrogen) atoms. The van der Waals surface area contributed by atoms with Crippen LogP contribution in [-0.4, -0.2) is 106 Å². The van der Waals surface area contributed by atoms with E-state index in [2.05, 4.69) is 31.7 Å². The molecule has 0 saturated carbocycles. The number of morpholine rings is 1. The van der Waals surface area contributed by atoms with Crippen LogP contribution >= 0.6 is 0 Å². The average Bonchev–Trinajstić information content (AvgIpc) is 3.03. The molecule has 3 heterocycles. The fourth-order valence-corrected chi connectivity index (χ4v) is 3.87. The van der Waals surface area contributed by atoms with Gasteiger partial charge < -0.3 is 19.4 Å². The van der Waals surface area contributed by atoms with Crippen molar-refractivity contribution in [1.29, 1.82) is 0 Å². The average molecular weight is 381 g/mol. The van der Waals surface area contributed by atoms with Gasteiger partial charge in [-0.3, -0.25) is 4.90 Å². The van der Waals surface area contributed by atoms with E-state index in [1.54, 1.807) is 6.20 Å². The molecular formula is C19H33FN6O. The number of halogens is 1. The monoisotopic (exact) mass is 380 g/mol. The van der Waals surface area contributed by atoms with Gasteiger partial charge in [-0.05, 0) is 32.6 Å². The fourth-order valence-electron chi connectivity index (χ4n) is 3.87. The molecule has 0 bridgehead atoms. The topological polar surface area (TPSA) is 48.0 Å². The molecule has 1 aromatic heterocycles. The third-order valence-corrected chi connectivity index (χ3v) is 5.33. The van der Waals surface area contributed by atoms with Gasteiger partial charge >= 0.3 is 0 Å². The van der Waals surface area contributed by atoms with E-state index in [0.717, 1.165) is 58.2 Å². The Morgan fingerprint density at radius 2 is 2.04 bits per heavy atom. The molecule has 1 aromatic rings. The molecule has 7 nitrogen and oxygen atoms in total. The zero-order chi connectivity index (χ0) is 19.2. The van der Waals surface area contributed by atoms with Gasteiger partial charge in [-0.25, -0.2) is 9.37 Å². The number of alkyl halides is 1. The van der Waals surface area contributed by atoms with Gasteiger partial charge in [0.05, 0.1) is 19.8 Å². The largest absolute Gasteiger partial charge is 0.379 e. The molecule has 0 unspecified atom stereocenters. The number of aromatic nitrogens is 2. The van der Waals surface area contributed by atoms with Crippen molar-refractivity contribution in [3.05, 3.63) is 12.3 Å². The van der Waals surface area contributed by atoms with E-state index in [1.807, 2.05) is 25.1 Å². The zero-order valence-electron chi connectivity index (χ0n) is 16.8. The van der Waals surface area contributed by atoms with Crippen LogP contribution in [0.2, 0.25) is 0 Å². The van der Waals surface area contributed by atoms with Crippen LogP contribution in [0.4, 0.5) is 16.2 Å². The van der Waals surface area contributed by atoms with E-state index in [-0.39, 0.29) is 6.04 Å². The maximum Gasteiger partial charge on any atom is 0.226 e. The van der Waals surface area contributed by atoms with Crippen molar-refractivity contribution >= 4 is 11.8 Å². The minimum Gasteiger partial charge on any atom is -0.379 e. The molecule has 8 heteroatoms. The Hall–Kier alpha value is -1.51. The summed E-state index contributed by atoms with van der Waals surface area (Å²) in [5.74, 6) is 1.48. The molecule has 2 fully saturated rings. The molecule has 0 radical (unpaired) electrons. The van der Waals surface area contributed by atoms with Gasteiger partial charge in [0.1, 0.15) is 12.0 Å². The van der Waals surface area contributed by atoms with Gasteiger partial charge in [-0.15, -0.1) is 0 Å². The molecule has 2 aliphatic heterocycles. The lowest BCUT2D eigenvalue weighted by molar-refractivity contribution is 0.0364. The van der Waals surface area contributed by atoms with E-state index in [1.165, 1.54) is 0 Å². The molecule has 2 saturated heterocycles. The van der Waals surface area contributed by atoms with Gasteiger partial charge in [-0.2, -0.15) is 4.98 Å². The summed E-state index contributed by atoms with van der Waals surface area (Å²) in [6.07, 6.45) is 2.65. The van der Waals surface area contributed by atoms with Crippen molar-refractivity contribution in [2.24, 2.45) is 0 Å². The third kappa shape index (κ3) is 5.73. The van der Waals surface area contributed by atoms with Gasteiger partial charge in [-0.1, -0.05) is 0 Å². The highest BCUT2D eigenvalue weighted by Gasteiger charge is 2.33. The van der Waals surface area contributed by atoms with Crippen LogP contribution in [0.5, 0.6) is 0 Å². The Bertz CT molecular complexity index is 583. The highest BCUT2D eigenvalue weighted by atomic mass is 19.1. The molecule has 0 N–H and O–H groups in total. The summed E-state index contributed by atoms with van der Waals surface area (Å²) in [7, 11) is 5.97. The Morgan fingerprint density at radius 1 is 1.26 bits per heavy atom. The standard InChI is InChI=1S/C19H33FN6O/c1-23(2)19-21-6-5-18(22-19)26-14-16(20)13-17(26)15-24(3)7-4-8-25-9-11-27-12-10-25/h5-6,16-17H,4,7-15H2,1-3H3/t16-,17-/m0/s1. The first-order chi connectivity index (χ1) is 13.0. The van der Waals surface area contributed by atoms with Gasteiger partial charge in [0.25, 0.3) is 0 Å². The number of nitrogens with zero attached hydrogens (tertiary/aromatic N) is 6. The maximum absolute atomic E-state index is 14.2. The molecular weight excluding hydrogens is 347 g/mol. The van der Waals surface area contributed by atoms with E-state index >= 15 is 0 Å². The first-order valence-corrected chi connectivity index (χ1v) is 9.92. The normalized spacial score (nSPS) is 24.0. The second-order valence-electron chi connectivity index (χ2n) is 7.82. The number of ether oxygens (including phenoxy) is 1. The summed E-state index contributed by atoms with van der Waals surface area (Å²) in [6.45, 7) is 7.15. The Labute approximate surface area is 162 Å². The first-order valence-electron chi connectivity index (χ1n) is 9.92. The molecule has 2 aliphatic rings. The molecule has 2 atom stereocenters. The quantitative estimate of drug-likeness (QED) is 0.670. The highest BCUT2D eigenvalue weighted by molar-refractivity contribution is 5.45. The molecule has 0 amide bonds. The number of rotatable bonds is 8. The SMILES string of the molecule is CN(CCCN1CCOCC1)C[C@@H]1C[C@H](F)CN1c1ccnc(N(C)C)n1. The maximum atomic E-state index is 14.2. The van der Waals surface area contributed by atoms with E-state index < -0.39 is 6.17 Å². The Balaban J connectivity index is 1.52. The molecule has 152 valence electrons. The van der Waals surface area contributed by atoms with Crippen LogP contribution in [0.1, 0.15) is 12.8 Å². The van der Waals surface area contributed by atoms with Gasteiger partial charge in [0.15, 0.2) is 0 Å². The van der Waals surface area contributed by atoms with E-state index in [0.29, 0.717) is 18.9 Å². The summed E-state index contributed by atoms with van der Waals surface area (Å²) in [4.78, 5) is 17.6. The Kier molecular flexibility index (Phi) is 7.20. The van der Waals surface area contributed by atoms with E-state index in [9.17, 15) is 4.39 Å². The molecule has 0 spiro atoms. The van der Waals surface area contributed by atoms with Crippen LogP contribution in [0, 0.1) is 0 Å². The molecule has 0 aromatic carbocycles. The predicted octanol–water partition coefficient (Wildman–Crippen LogP) is 1.11. The minimum absolute atomic E-state index is 0.151. The summed E-state index contributed by atoms with van der Waals surface area (Å²) in [6, 6.07) is 2.04. The van der Waals surface area contributed by atoms with Crippen LogP contribution in [0.15, 0.2) is 12.3 Å². The third-order valence-electron chi connectivity index (χ3n) is 5.33. The lowest BCUT2D eigenvalue weighted by Gasteiger charge is -2.30. The van der Waals surface area contributed by atoms with Crippen molar-refractivity contribution in [3.63, 3.8) is 0 Å². The summed E-state index contributed by atoms with van der Waals surface area (Å²) in [5, 5.41) is 0. The zero-order valence-corrected chi connectivity index (χ0v) is 16.8. The smallest absolute Gasteiger partial charge is 0.226 e. The second kappa shape index (κ2) is 9.61. The fraction of sp³-hybridized carbons (Fsp3) is 0.789. The van der Waals surface area contributed by atoms with Gasteiger partial charge in [0, 0.05) is 52.4 Å². The molecule has 3 rings (SSSR count). The Morgan fingerprint density at radius 3 is 2.78 bits per heavy atom. The number of hydrogen-bond donors (Lipinski definition) is 0. The summed E-state index contributed by atoms with van der Waals surface area (Å²) < 4.78 is 19.6. The van der Waals surface area contributed by atoms with Crippen LogP contribution in [0.3, 0.4) is 0 Å². The lowest BCUT2D eigenvalue weighted by atomic mass is 10.2. The van der Waals surface area contributed by atoms with Crippen LogP contribution < -0.4 is 9.80 Å². The van der Waals surface area contributed by atoms with Crippen LogP contribution in [-0.2, 0) is 4.74 Å². The van der Waals surface area contributed by atoms with Crippen LogP contribution in [0.25, 0.3) is 0 Å². The second-order valence-corrected chi connectivity index (χ2v) is 7.82. The van der Waals surface area contributed by atoms with Crippen molar-refractivity contribution < 1.29 is 9.13 Å². The predicted molar refractivity (Wildman–Crippen MR) is 106 cm³/mol. The highest BCUT2D eigenvalue weighted by Crippen LogP contribution is 2.27. The minimum atomic E-state index is -0.797. The lowest BCUT2D eigenvalue weighted by Crippen LogP contribution is -2.41. The summed E-state index contributed by atoms with van der Waals surface area (Å²) in [5.41, 5.74) is 0. The number of hydrogen-bond acceptors (Lipinski definition) is 7. The molecule has 0 aliphatic carbocycles. The van der Waals surface area contributed by atoms with Crippen molar-refractivity contribution in [2.75, 3.05) is 83.4 Å². The summed E-state index contributed by atoms with van der Waals surface area (Å²) >= 11 is 0. The van der Waals surface area contributed by atoms with Crippen molar-refractivity contribution in [1.82, 2.24) is 19.8 Å². The van der Waals surface area contributed by atoms with E-state index in [4.69, 9.17) is 4.74 Å². The first kappa shape index (κ1) is 20.2.